The van der Waals surface area contributed by atoms with E-state index in [1.807, 2.05) is 32.0 Å². The molecule has 0 bridgehead atoms. The summed E-state index contributed by atoms with van der Waals surface area (Å²) in [5.74, 6) is 8.30. The zero-order valence-corrected chi connectivity index (χ0v) is 12.8. The van der Waals surface area contributed by atoms with E-state index in [-0.39, 0.29) is 0 Å². The third-order valence-corrected chi connectivity index (χ3v) is 3.93. The van der Waals surface area contributed by atoms with Gasteiger partial charge in [-0.05, 0) is 44.4 Å². The Hall–Kier alpha value is -1.85. The van der Waals surface area contributed by atoms with E-state index in [9.17, 15) is 0 Å². The highest BCUT2D eigenvalue weighted by molar-refractivity contribution is 6.30. The zero-order valence-electron chi connectivity index (χ0n) is 12.1. The summed E-state index contributed by atoms with van der Waals surface area (Å²) in [4.78, 5) is 9.13. The van der Waals surface area contributed by atoms with Crippen LogP contribution in [0.25, 0.3) is 0 Å². The molecule has 0 aliphatic heterocycles. The van der Waals surface area contributed by atoms with Gasteiger partial charge in [-0.1, -0.05) is 17.7 Å². The van der Waals surface area contributed by atoms with Crippen LogP contribution in [0.15, 0.2) is 18.2 Å². The molecule has 0 spiro atoms. The van der Waals surface area contributed by atoms with E-state index in [1.165, 1.54) is 0 Å². The predicted octanol–water partition coefficient (Wildman–Crippen LogP) is 3.65. The maximum atomic E-state index is 6.07. The van der Waals surface area contributed by atoms with Crippen LogP contribution in [0.3, 0.4) is 0 Å². The molecule has 0 amide bonds. The number of aryl methyl sites for hydroxylation is 1. The van der Waals surface area contributed by atoms with Gasteiger partial charge in [0, 0.05) is 22.2 Å². The molecule has 0 saturated heterocycles. The van der Waals surface area contributed by atoms with Gasteiger partial charge >= 0.3 is 0 Å². The normalized spacial score (nSPS) is 14.1. The molecule has 21 heavy (non-hydrogen) atoms. The topological polar surface area (TPSA) is 75.9 Å². The van der Waals surface area contributed by atoms with E-state index in [2.05, 4.69) is 20.7 Å². The molecule has 1 heterocycles. The van der Waals surface area contributed by atoms with Gasteiger partial charge < -0.3 is 10.7 Å². The van der Waals surface area contributed by atoms with E-state index in [0.717, 1.165) is 41.3 Å². The lowest BCUT2D eigenvalue weighted by molar-refractivity contribution is 0.920. The van der Waals surface area contributed by atoms with Crippen LogP contribution in [-0.2, 0) is 0 Å². The molecule has 6 heteroatoms. The lowest BCUT2D eigenvalue weighted by atomic mass is 10.2. The number of nitrogens with one attached hydrogen (secondary N) is 2. The maximum absolute atomic E-state index is 6.07. The summed E-state index contributed by atoms with van der Waals surface area (Å²) in [6.07, 6.45) is 2.28. The van der Waals surface area contributed by atoms with Gasteiger partial charge in [-0.25, -0.2) is 15.8 Å². The number of aromatic nitrogens is 2. The van der Waals surface area contributed by atoms with Crippen LogP contribution in [0.2, 0.25) is 5.02 Å². The van der Waals surface area contributed by atoms with Crippen molar-refractivity contribution in [2.75, 3.05) is 10.7 Å². The van der Waals surface area contributed by atoms with Gasteiger partial charge in [0.15, 0.2) is 0 Å². The summed E-state index contributed by atoms with van der Waals surface area (Å²) in [5, 5.41) is 4.04. The molecule has 1 aliphatic carbocycles. The van der Waals surface area contributed by atoms with Crippen molar-refractivity contribution in [1.29, 1.82) is 0 Å². The molecule has 4 N–H and O–H groups in total. The van der Waals surface area contributed by atoms with Crippen LogP contribution in [0.4, 0.5) is 17.3 Å². The van der Waals surface area contributed by atoms with Crippen LogP contribution < -0.4 is 16.6 Å². The third kappa shape index (κ3) is 2.94. The highest BCUT2D eigenvalue weighted by atomic mass is 35.5. The Balaban J connectivity index is 2.00. The highest BCUT2D eigenvalue weighted by Crippen LogP contribution is 2.40. The van der Waals surface area contributed by atoms with Gasteiger partial charge in [0.25, 0.3) is 0 Å². The Labute approximate surface area is 128 Å². The smallest absolute Gasteiger partial charge is 0.148 e. The van der Waals surface area contributed by atoms with E-state index in [0.29, 0.717) is 16.8 Å². The summed E-state index contributed by atoms with van der Waals surface area (Å²) < 4.78 is 0. The fraction of sp³-hybridized carbons (Fsp3) is 0.333. The molecule has 1 aliphatic rings. The molecule has 1 saturated carbocycles. The number of benzene rings is 1. The lowest BCUT2D eigenvalue weighted by Gasteiger charge is -2.15. The standard InChI is InChI=1S/C15H18ClN5/c1-8-3-6-11(16)7-12(8)18-13-9(2)14(21-17)20-15(19-13)10-4-5-10/h3,6-7,10H,4-5,17H2,1-2H3,(H2,18,19,20,21). The summed E-state index contributed by atoms with van der Waals surface area (Å²) >= 11 is 6.07. The first-order valence-corrected chi connectivity index (χ1v) is 7.34. The minimum absolute atomic E-state index is 0.457. The van der Waals surface area contributed by atoms with Crippen LogP contribution in [-0.4, -0.2) is 9.97 Å². The monoisotopic (exact) mass is 303 g/mol. The number of nitrogens with two attached hydrogens (primary N) is 1. The van der Waals surface area contributed by atoms with Gasteiger partial charge in [-0.15, -0.1) is 0 Å². The summed E-state index contributed by atoms with van der Waals surface area (Å²) in [6.45, 7) is 3.97. The molecule has 1 fully saturated rings. The number of nitrogen functional groups attached to an aromatic ring is 1. The zero-order chi connectivity index (χ0) is 15.0. The average molecular weight is 304 g/mol. The van der Waals surface area contributed by atoms with E-state index >= 15 is 0 Å². The van der Waals surface area contributed by atoms with Crippen LogP contribution in [0.1, 0.15) is 35.7 Å². The van der Waals surface area contributed by atoms with Crippen molar-refractivity contribution in [3.05, 3.63) is 40.2 Å². The minimum Gasteiger partial charge on any atom is -0.340 e. The summed E-state index contributed by atoms with van der Waals surface area (Å²) in [5.41, 5.74) is 5.59. The Bertz CT molecular complexity index is 682. The molecule has 0 unspecified atom stereocenters. The number of anilines is 3. The predicted molar refractivity (Wildman–Crippen MR) is 86.0 cm³/mol. The number of rotatable bonds is 4. The van der Waals surface area contributed by atoms with Crippen molar-refractivity contribution < 1.29 is 0 Å². The van der Waals surface area contributed by atoms with Crippen molar-refractivity contribution in [1.82, 2.24) is 9.97 Å². The number of nitrogens with zero attached hydrogens (tertiary/aromatic N) is 2. The second-order valence-electron chi connectivity index (χ2n) is 5.41. The molecule has 3 rings (SSSR count). The van der Waals surface area contributed by atoms with Gasteiger partial charge in [0.1, 0.15) is 17.5 Å². The second kappa shape index (κ2) is 5.50. The first-order valence-electron chi connectivity index (χ1n) is 6.97. The maximum Gasteiger partial charge on any atom is 0.148 e. The fourth-order valence-electron chi connectivity index (χ4n) is 2.18. The van der Waals surface area contributed by atoms with Crippen molar-refractivity contribution in [3.63, 3.8) is 0 Å². The molecule has 1 aromatic heterocycles. The molecule has 5 nitrogen and oxygen atoms in total. The number of hydrogen-bond acceptors (Lipinski definition) is 5. The Morgan fingerprint density at radius 3 is 2.57 bits per heavy atom. The Morgan fingerprint density at radius 1 is 1.19 bits per heavy atom. The molecular formula is C15H18ClN5. The quantitative estimate of drug-likeness (QED) is 0.594. The molecular weight excluding hydrogens is 286 g/mol. The third-order valence-electron chi connectivity index (χ3n) is 3.70. The van der Waals surface area contributed by atoms with Crippen LogP contribution in [0.5, 0.6) is 0 Å². The van der Waals surface area contributed by atoms with Crippen LogP contribution >= 0.6 is 11.6 Å². The largest absolute Gasteiger partial charge is 0.340 e. The Morgan fingerprint density at radius 2 is 1.90 bits per heavy atom. The number of halogens is 1. The highest BCUT2D eigenvalue weighted by Gasteiger charge is 2.28. The molecule has 1 aromatic carbocycles. The number of hydrogen-bond donors (Lipinski definition) is 3. The van der Waals surface area contributed by atoms with Gasteiger partial charge in [0.05, 0.1) is 0 Å². The van der Waals surface area contributed by atoms with E-state index < -0.39 is 0 Å². The lowest BCUT2D eigenvalue weighted by Crippen LogP contribution is -2.14. The van der Waals surface area contributed by atoms with Gasteiger partial charge in [-0.3, -0.25) is 0 Å². The second-order valence-corrected chi connectivity index (χ2v) is 5.84. The van der Waals surface area contributed by atoms with Gasteiger partial charge in [0.2, 0.25) is 0 Å². The summed E-state index contributed by atoms with van der Waals surface area (Å²) in [6, 6.07) is 5.74. The SMILES string of the molecule is Cc1ccc(Cl)cc1Nc1nc(C2CC2)nc(NN)c1C. The van der Waals surface area contributed by atoms with Crippen molar-refractivity contribution in [3.8, 4) is 0 Å². The number of hydrazine groups is 1. The average Bonchev–Trinajstić information content (AvgIpc) is 3.29. The molecule has 2 aromatic rings. The first-order chi connectivity index (χ1) is 10.1. The van der Waals surface area contributed by atoms with Gasteiger partial charge in [-0.2, -0.15) is 0 Å². The molecule has 0 radical (unpaired) electrons. The van der Waals surface area contributed by atoms with Crippen LogP contribution in [0, 0.1) is 13.8 Å². The van der Waals surface area contributed by atoms with E-state index in [4.69, 9.17) is 17.4 Å². The van der Waals surface area contributed by atoms with Crippen molar-refractivity contribution in [2.24, 2.45) is 5.84 Å². The first kappa shape index (κ1) is 14.1. The fourth-order valence-corrected chi connectivity index (χ4v) is 2.35. The minimum atomic E-state index is 0.457. The summed E-state index contributed by atoms with van der Waals surface area (Å²) in [7, 11) is 0. The molecule has 110 valence electrons. The Kier molecular flexibility index (Phi) is 3.69. The molecule has 0 atom stereocenters. The van der Waals surface area contributed by atoms with Crippen molar-refractivity contribution in [2.45, 2.75) is 32.6 Å². The van der Waals surface area contributed by atoms with Crippen molar-refractivity contribution >= 4 is 28.9 Å². The van der Waals surface area contributed by atoms with E-state index in [1.54, 1.807) is 0 Å².